The van der Waals surface area contributed by atoms with Crippen LogP contribution in [0.2, 0.25) is 0 Å². The molecular formula is C23H19F3N4O4. The van der Waals surface area contributed by atoms with Crippen molar-refractivity contribution in [2.75, 3.05) is 13.7 Å². The van der Waals surface area contributed by atoms with Gasteiger partial charge in [-0.1, -0.05) is 6.07 Å². The molecular weight excluding hydrogens is 453 g/mol. The number of benzene rings is 2. The molecule has 1 atom stereocenters. The first-order valence-electron chi connectivity index (χ1n) is 10.4. The number of methoxy groups -OCH3 is 1. The molecule has 0 amide bonds. The lowest BCUT2D eigenvalue weighted by Gasteiger charge is -2.25. The summed E-state index contributed by atoms with van der Waals surface area (Å²) in [5.41, 5.74) is -0.981. The molecule has 4 aromatic rings. The molecule has 1 aliphatic heterocycles. The summed E-state index contributed by atoms with van der Waals surface area (Å²) in [7, 11) is 1.55. The SMILES string of the molecule is COc1ccc2[nH]c3c(c2c1)CCN[C@@H]3c1c(O)n(-c2cccc(C(F)(F)F)c2)c(=O)[nH]c1=O. The van der Waals surface area contributed by atoms with Gasteiger partial charge in [-0.15, -0.1) is 0 Å². The third-order valence-corrected chi connectivity index (χ3v) is 6.00. The molecule has 0 radical (unpaired) electrons. The predicted octanol–water partition coefficient (Wildman–Crippen LogP) is 2.98. The molecule has 2 aromatic carbocycles. The number of hydrogen-bond acceptors (Lipinski definition) is 5. The lowest BCUT2D eigenvalue weighted by molar-refractivity contribution is -0.137. The van der Waals surface area contributed by atoms with Crippen LogP contribution in [0.5, 0.6) is 11.6 Å². The second-order valence-electron chi connectivity index (χ2n) is 7.95. The quantitative estimate of drug-likeness (QED) is 0.366. The van der Waals surface area contributed by atoms with Crippen LogP contribution in [0.4, 0.5) is 13.2 Å². The summed E-state index contributed by atoms with van der Waals surface area (Å²) < 4.78 is 45.6. The van der Waals surface area contributed by atoms with Crippen LogP contribution >= 0.6 is 0 Å². The zero-order valence-electron chi connectivity index (χ0n) is 17.8. The van der Waals surface area contributed by atoms with E-state index in [1.165, 1.54) is 6.07 Å². The zero-order valence-corrected chi connectivity index (χ0v) is 17.8. The summed E-state index contributed by atoms with van der Waals surface area (Å²) in [4.78, 5) is 30.7. The van der Waals surface area contributed by atoms with Gasteiger partial charge in [0, 0.05) is 23.1 Å². The van der Waals surface area contributed by atoms with E-state index in [9.17, 15) is 27.9 Å². The highest BCUT2D eigenvalue weighted by atomic mass is 19.4. The van der Waals surface area contributed by atoms with E-state index in [0.717, 1.165) is 34.7 Å². The van der Waals surface area contributed by atoms with Gasteiger partial charge in [-0.2, -0.15) is 13.2 Å². The van der Waals surface area contributed by atoms with Crippen LogP contribution in [-0.2, 0) is 12.6 Å². The van der Waals surface area contributed by atoms with Gasteiger partial charge in [0.2, 0.25) is 5.88 Å². The van der Waals surface area contributed by atoms with Gasteiger partial charge in [0.25, 0.3) is 5.56 Å². The summed E-state index contributed by atoms with van der Waals surface area (Å²) in [6.45, 7) is 0.462. The van der Waals surface area contributed by atoms with Crippen LogP contribution in [0.15, 0.2) is 52.1 Å². The number of rotatable bonds is 3. The Bertz CT molecular complexity index is 1530. The minimum Gasteiger partial charge on any atom is -0.497 e. The number of aromatic nitrogens is 3. The molecule has 5 rings (SSSR count). The van der Waals surface area contributed by atoms with E-state index in [4.69, 9.17) is 4.74 Å². The first-order chi connectivity index (χ1) is 16.2. The molecule has 11 heteroatoms. The fraction of sp³-hybridized carbons (Fsp3) is 0.217. The molecule has 0 saturated carbocycles. The molecule has 8 nitrogen and oxygen atoms in total. The molecule has 1 aliphatic rings. The number of ether oxygens (including phenoxy) is 1. The van der Waals surface area contributed by atoms with E-state index in [1.807, 2.05) is 12.1 Å². The minimum absolute atomic E-state index is 0.184. The largest absolute Gasteiger partial charge is 0.497 e. The van der Waals surface area contributed by atoms with Gasteiger partial charge in [-0.25, -0.2) is 9.36 Å². The molecule has 0 spiro atoms. The van der Waals surface area contributed by atoms with E-state index >= 15 is 0 Å². The van der Waals surface area contributed by atoms with Gasteiger partial charge in [0.15, 0.2) is 0 Å². The maximum absolute atomic E-state index is 13.2. The Kier molecular flexibility index (Phi) is 5.01. The molecule has 4 N–H and O–H groups in total. The van der Waals surface area contributed by atoms with Crippen LogP contribution in [-0.4, -0.2) is 33.3 Å². The normalized spacial score (nSPS) is 15.9. The molecule has 3 heterocycles. The molecule has 0 aliphatic carbocycles. The van der Waals surface area contributed by atoms with E-state index in [0.29, 0.717) is 29.0 Å². The fourth-order valence-corrected chi connectivity index (χ4v) is 4.44. The van der Waals surface area contributed by atoms with Gasteiger partial charge >= 0.3 is 11.9 Å². The molecule has 176 valence electrons. The Morgan fingerprint density at radius 3 is 2.65 bits per heavy atom. The van der Waals surface area contributed by atoms with Gasteiger partial charge in [0.05, 0.1) is 24.4 Å². The summed E-state index contributed by atoms with van der Waals surface area (Å²) in [6.07, 6.45) is -4.02. The van der Waals surface area contributed by atoms with Crippen molar-refractivity contribution in [3.63, 3.8) is 0 Å². The Labute approximate surface area is 189 Å². The number of H-pyrrole nitrogens is 2. The lowest BCUT2D eigenvalue weighted by Crippen LogP contribution is -2.38. The third kappa shape index (κ3) is 3.45. The number of fused-ring (bicyclic) bond motifs is 3. The van der Waals surface area contributed by atoms with Gasteiger partial charge in [-0.3, -0.25) is 9.78 Å². The Hall–Kier alpha value is -3.99. The molecule has 2 aromatic heterocycles. The van der Waals surface area contributed by atoms with Crippen molar-refractivity contribution in [3.05, 3.63) is 85.7 Å². The topological polar surface area (TPSA) is 112 Å². The van der Waals surface area contributed by atoms with Crippen LogP contribution in [0.25, 0.3) is 16.6 Å². The number of nitrogens with zero attached hydrogens (tertiary/aromatic N) is 1. The summed E-state index contributed by atoms with van der Waals surface area (Å²) in [5, 5.41) is 15.1. The van der Waals surface area contributed by atoms with Gasteiger partial charge in [-0.05, 0) is 48.4 Å². The summed E-state index contributed by atoms with van der Waals surface area (Å²) in [5.74, 6) is -0.0853. The molecule has 34 heavy (non-hydrogen) atoms. The Morgan fingerprint density at radius 2 is 1.91 bits per heavy atom. The molecule has 0 bridgehead atoms. The monoisotopic (exact) mass is 472 g/mol. The Balaban J connectivity index is 1.70. The second-order valence-corrected chi connectivity index (χ2v) is 7.95. The lowest BCUT2D eigenvalue weighted by atomic mass is 9.95. The molecule has 0 fully saturated rings. The standard InChI is InChI=1S/C23H19F3N4O4/c1-34-13-5-6-16-15(10-13)14-7-8-27-19(18(14)28-16)17-20(31)29-22(33)30(21(17)32)12-4-2-3-11(9-12)23(24,25)26/h2-6,9-10,19,27-28,32H,7-8H2,1H3,(H,29,31,33)/t19-/m1/s1. The van der Waals surface area contributed by atoms with Crippen molar-refractivity contribution in [1.82, 2.24) is 19.9 Å². The highest BCUT2D eigenvalue weighted by Gasteiger charge is 2.33. The number of aromatic amines is 2. The van der Waals surface area contributed by atoms with E-state index in [-0.39, 0.29) is 11.3 Å². The summed E-state index contributed by atoms with van der Waals surface area (Å²) in [6, 6.07) is 8.60. The fourth-order valence-electron chi connectivity index (χ4n) is 4.44. The van der Waals surface area contributed by atoms with E-state index in [1.54, 1.807) is 13.2 Å². The van der Waals surface area contributed by atoms with Gasteiger partial charge in [0.1, 0.15) is 11.3 Å². The highest BCUT2D eigenvalue weighted by molar-refractivity contribution is 5.86. The predicted molar refractivity (Wildman–Crippen MR) is 118 cm³/mol. The number of nitrogens with one attached hydrogen (secondary N) is 3. The van der Waals surface area contributed by atoms with Crippen molar-refractivity contribution in [3.8, 4) is 17.3 Å². The van der Waals surface area contributed by atoms with Crippen LogP contribution in [0.1, 0.15) is 28.4 Å². The smallest absolute Gasteiger partial charge is 0.416 e. The average Bonchev–Trinajstić information content (AvgIpc) is 3.17. The van der Waals surface area contributed by atoms with Crippen molar-refractivity contribution in [1.29, 1.82) is 0 Å². The van der Waals surface area contributed by atoms with E-state index < -0.39 is 34.9 Å². The number of hydrogen-bond donors (Lipinski definition) is 4. The molecule has 0 saturated heterocycles. The van der Waals surface area contributed by atoms with E-state index in [2.05, 4.69) is 15.3 Å². The van der Waals surface area contributed by atoms with Crippen LogP contribution in [0.3, 0.4) is 0 Å². The average molecular weight is 472 g/mol. The Morgan fingerprint density at radius 1 is 1.12 bits per heavy atom. The van der Waals surface area contributed by atoms with Crippen molar-refractivity contribution >= 4 is 10.9 Å². The van der Waals surface area contributed by atoms with Crippen molar-refractivity contribution < 1.29 is 23.0 Å². The number of alkyl halides is 3. The second kappa shape index (κ2) is 7.80. The zero-order chi connectivity index (χ0) is 24.2. The summed E-state index contributed by atoms with van der Waals surface area (Å²) >= 11 is 0. The van der Waals surface area contributed by atoms with Crippen LogP contribution < -0.4 is 21.3 Å². The maximum Gasteiger partial charge on any atom is 0.416 e. The van der Waals surface area contributed by atoms with Crippen molar-refractivity contribution in [2.24, 2.45) is 0 Å². The molecule has 0 unspecified atom stereocenters. The number of halogens is 3. The maximum atomic E-state index is 13.2. The van der Waals surface area contributed by atoms with Crippen molar-refractivity contribution in [2.45, 2.75) is 18.6 Å². The minimum atomic E-state index is -4.65. The van der Waals surface area contributed by atoms with Crippen LogP contribution in [0, 0.1) is 0 Å². The third-order valence-electron chi connectivity index (χ3n) is 6.00. The highest BCUT2D eigenvalue weighted by Crippen LogP contribution is 2.37. The first kappa shape index (κ1) is 21.8. The number of aromatic hydroxyl groups is 1. The van der Waals surface area contributed by atoms with Gasteiger partial charge < -0.3 is 20.1 Å². The first-order valence-corrected chi connectivity index (χ1v) is 10.4.